The highest BCUT2D eigenvalue weighted by atomic mass is 16.5. The lowest BCUT2D eigenvalue weighted by Gasteiger charge is -2.33. The maximum Gasteiger partial charge on any atom is 0.224 e. The van der Waals surface area contributed by atoms with Crippen molar-refractivity contribution in [1.29, 1.82) is 0 Å². The van der Waals surface area contributed by atoms with Gasteiger partial charge < -0.3 is 15.0 Å². The number of carbonyl (C=O) groups excluding carboxylic acids is 1. The van der Waals surface area contributed by atoms with Crippen molar-refractivity contribution in [2.45, 2.75) is 45.7 Å². The summed E-state index contributed by atoms with van der Waals surface area (Å²) in [5.41, 5.74) is 0.0803. The van der Waals surface area contributed by atoms with E-state index in [4.69, 9.17) is 4.74 Å². The smallest absolute Gasteiger partial charge is 0.224 e. The highest BCUT2D eigenvalue weighted by Gasteiger charge is 2.23. The average Bonchev–Trinajstić information content (AvgIpc) is 2.16. The van der Waals surface area contributed by atoms with Gasteiger partial charge in [0.2, 0.25) is 5.91 Å². The summed E-state index contributed by atoms with van der Waals surface area (Å²) in [6, 6.07) is 0.218. The van der Waals surface area contributed by atoms with Crippen LogP contribution < -0.4 is 5.32 Å². The van der Waals surface area contributed by atoms with Gasteiger partial charge in [-0.3, -0.25) is 4.79 Å². The van der Waals surface area contributed by atoms with Crippen molar-refractivity contribution in [2.24, 2.45) is 0 Å². The van der Waals surface area contributed by atoms with E-state index in [0.717, 1.165) is 13.1 Å². The SMILES string of the molecule is CC1COCCN1C(=O)CCNC(C)(C)C. The molecule has 0 bridgehead atoms. The number of carbonyl (C=O) groups is 1. The topological polar surface area (TPSA) is 41.6 Å². The normalized spacial score (nSPS) is 22.2. The molecule has 1 saturated heterocycles. The highest BCUT2D eigenvalue weighted by molar-refractivity contribution is 5.76. The molecular weight excluding hydrogens is 204 g/mol. The molecule has 0 aromatic rings. The van der Waals surface area contributed by atoms with Crippen molar-refractivity contribution in [3.63, 3.8) is 0 Å². The quantitative estimate of drug-likeness (QED) is 0.784. The molecule has 0 radical (unpaired) electrons. The minimum Gasteiger partial charge on any atom is -0.377 e. The van der Waals surface area contributed by atoms with Gasteiger partial charge in [-0.2, -0.15) is 0 Å². The number of hydrogen-bond acceptors (Lipinski definition) is 3. The summed E-state index contributed by atoms with van der Waals surface area (Å²) in [5.74, 6) is 0.229. The summed E-state index contributed by atoms with van der Waals surface area (Å²) in [5, 5.41) is 3.33. The van der Waals surface area contributed by atoms with E-state index in [2.05, 4.69) is 26.1 Å². The van der Waals surface area contributed by atoms with Gasteiger partial charge in [0.1, 0.15) is 0 Å². The Hall–Kier alpha value is -0.610. The molecule has 1 N–H and O–H groups in total. The first-order chi connectivity index (χ1) is 7.40. The van der Waals surface area contributed by atoms with Crippen LogP contribution in [0.4, 0.5) is 0 Å². The minimum atomic E-state index is 0.0803. The van der Waals surface area contributed by atoms with Gasteiger partial charge in [-0.25, -0.2) is 0 Å². The molecule has 4 nitrogen and oxygen atoms in total. The Kier molecular flexibility index (Phi) is 4.74. The van der Waals surface area contributed by atoms with Crippen molar-refractivity contribution in [3.8, 4) is 0 Å². The summed E-state index contributed by atoms with van der Waals surface area (Å²) >= 11 is 0. The van der Waals surface area contributed by atoms with Gasteiger partial charge in [0, 0.05) is 25.0 Å². The minimum absolute atomic E-state index is 0.0803. The van der Waals surface area contributed by atoms with E-state index in [0.29, 0.717) is 19.6 Å². The van der Waals surface area contributed by atoms with E-state index in [1.807, 2.05) is 11.8 Å². The molecule has 1 heterocycles. The molecule has 1 amide bonds. The molecule has 1 unspecified atom stereocenters. The Labute approximate surface area is 98.3 Å². The summed E-state index contributed by atoms with van der Waals surface area (Å²) in [6.45, 7) is 11.2. The Morgan fingerprint density at radius 2 is 2.19 bits per heavy atom. The zero-order valence-electron chi connectivity index (χ0n) is 10.9. The fourth-order valence-corrected chi connectivity index (χ4v) is 1.79. The number of rotatable bonds is 3. The Morgan fingerprint density at radius 1 is 1.50 bits per heavy atom. The first-order valence-electron chi connectivity index (χ1n) is 6.02. The molecule has 1 fully saturated rings. The van der Waals surface area contributed by atoms with Crippen LogP contribution in [-0.2, 0) is 9.53 Å². The van der Waals surface area contributed by atoms with Crippen molar-refractivity contribution < 1.29 is 9.53 Å². The molecule has 94 valence electrons. The summed E-state index contributed by atoms with van der Waals surface area (Å²) in [6.07, 6.45) is 0.571. The van der Waals surface area contributed by atoms with Crippen LogP contribution in [0.5, 0.6) is 0 Å². The number of nitrogens with zero attached hydrogens (tertiary/aromatic N) is 1. The first kappa shape index (κ1) is 13.5. The zero-order chi connectivity index (χ0) is 12.2. The Morgan fingerprint density at radius 3 is 2.75 bits per heavy atom. The second-order valence-electron chi connectivity index (χ2n) is 5.44. The predicted molar refractivity (Wildman–Crippen MR) is 64.4 cm³/mol. The van der Waals surface area contributed by atoms with Crippen LogP contribution in [-0.4, -0.2) is 48.7 Å². The van der Waals surface area contributed by atoms with Crippen LogP contribution in [0.25, 0.3) is 0 Å². The third-order valence-corrected chi connectivity index (χ3v) is 2.68. The molecule has 1 rings (SSSR count). The molecule has 16 heavy (non-hydrogen) atoms. The van der Waals surface area contributed by atoms with E-state index >= 15 is 0 Å². The van der Waals surface area contributed by atoms with Crippen LogP contribution in [0.1, 0.15) is 34.1 Å². The maximum absolute atomic E-state index is 11.9. The number of ether oxygens (including phenoxy) is 1. The first-order valence-corrected chi connectivity index (χ1v) is 6.02. The fourth-order valence-electron chi connectivity index (χ4n) is 1.79. The summed E-state index contributed by atoms with van der Waals surface area (Å²) in [7, 11) is 0. The van der Waals surface area contributed by atoms with E-state index in [9.17, 15) is 4.79 Å². The van der Waals surface area contributed by atoms with Gasteiger partial charge in [-0.15, -0.1) is 0 Å². The van der Waals surface area contributed by atoms with E-state index in [-0.39, 0.29) is 17.5 Å². The van der Waals surface area contributed by atoms with Gasteiger partial charge in [-0.1, -0.05) is 0 Å². The van der Waals surface area contributed by atoms with Crippen LogP contribution in [0.3, 0.4) is 0 Å². The van der Waals surface area contributed by atoms with Gasteiger partial charge >= 0.3 is 0 Å². The molecular formula is C12H24N2O2. The van der Waals surface area contributed by atoms with Crippen LogP contribution >= 0.6 is 0 Å². The lowest BCUT2D eigenvalue weighted by Crippen LogP contribution is -2.48. The molecule has 0 aromatic carbocycles. The monoisotopic (exact) mass is 228 g/mol. The van der Waals surface area contributed by atoms with Gasteiger partial charge in [0.05, 0.1) is 19.3 Å². The third-order valence-electron chi connectivity index (χ3n) is 2.68. The Balaban J connectivity index is 2.29. The van der Waals surface area contributed by atoms with Crippen molar-refractivity contribution in [1.82, 2.24) is 10.2 Å². The lowest BCUT2D eigenvalue weighted by molar-refractivity contribution is -0.139. The molecule has 1 atom stereocenters. The molecule has 1 aliphatic heterocycles. The van der Waals surface area contributed by atoms with Crippen molar-refractivity contribution >= 4 is 5.91 Å². The number of hydrogen-bond donors (Lipinski definition) is 1. The molecule has 0 saturated carbocycles. The zero-order valence-corrected chi connectivity index (χ0v) is 10.9. The third kappa shape index (κ3) is 4.49. The second-order valence-corrected chi connectivity index (χ2v) is 5.44. The summed E-state index contributed by atoms with van der Waals surface area (Å²) < 4.78 is 5.31. The van der Waals surface area contributed by atoms with Crippen LogP contribution in [0.2, 0.25) is 0 Å². The molecule has 0 spiro atoms. The standard InChI is InChI=1S/C12H24N2O2/c1-10-9-16-8-7-14(10)11(15)5-6-13-12(2,3)4/h10,13H,5-9H2,1-4H3. The van der Waals surface area contributed by atoms with Gasteiger partial charge in [0.25, 0.3) is 0 Å². The highest BCUT2D eigenvalue weighted by Crippen LogP contribution is 2.08. The fraction of sp³-hybridized carbons (Fsp3) is 0.917. The largest absolute Gasteiger partial charge is 0.377 e. The second kappa shape index (κ2) is 5.64. The van der Waals surface area contributed by atoms with E-state index < -0.39 is 0 Å². The van der Waals surface area contributed by atoms with Crippen LogP contribution in [0.15, 0.2) is 0 Å². The summed E-state index contributed by atoms with van der Waals surface area (Å²) in [4.78, 5) is 13.8. The molecule has 4 heteroatoms. The molecule has 0 aliphatic carbocycles. The van der Waals surface area contributed by atoms with E-state index in [1.54, 1.807) is 0 Å². The average molecular weight is 228 g/mol. The predicted octanol–water partition coefficient (Wildman–Crippen LogP) is 1.01. The van der Waals surface area contributed by atoms with E-state index in [1.165, 1.54) is 0 Å². The number of nitrogens with one attached hydrogen (secondary N) is 1. The maximum atomic E-state index is 11.9. The number of morpholine rings is 1. The lowest BCUT2D eigenvalue weighted by atomic mass is 10.1. The molecule has 0 aromatic heterocycles. The van der Waals surface area contributed by atoms with Gasteiger partial charge in [0.15, 0.2) is 0 Å². The van der Waals surface area contributed by atoms with Crippen LogP contribution in [0, 0.1) is 0 Å². The molecule has 1 aliphatic rings. The van der Waals surface area contributed by atoms with Crippen molar-refractivity contribution in [3.05, 3.63) is 0 Å². The Bertz CT molecular complexity index is 236. The number of amides is 1. The van der Waals surface area contributed by atoms with Gasteiger partial charge in [-0.05, 0) is 27.7 Å². The van der Waals surface area contributed by atoms with Crippen molar-refractivity contribution in [2.75, 3.05) is 26.3 Å².